The minimum atomic E-state index is -0.140. The highest BCUT2D eigenvalue weighted by Gasteiger charge is 2.41. The minimum absolute atomic E-state index is 0.0510. The number of nitrogens with one attached hydrogen (secondary N) is 2. The third-order valence-electron chi connectivity index (χ3n) is 6.53. The van der Waals surface area contributed by atoms with Gasteiger partial charge in [-0.05, 0) is 74.1 Å². The quantitative estimate of drug-likeness (QED) is 0.355. The van der Waals surface area contributed by atoms with Crippen molar-refractivity contribution < 1.29 is 4.79 Å². The van der Waals surface area contributed by atoms with E-state index in [2.05, 4.69) is 56.0 Å². The zero-order valence-corrected chi connectivity index (χ0v) is 21.1. The summed E-state index contributed by atoms with van der Waals surface area (Å²) < 4.78 is 2.21. The summed E-state index contributed by atoms with van der Waals surface area (Å²) in [6, 6.07) is 21.3. The average Bonchev–Trinajstić information content (AvgIpc) is 3.38. The molecule has 1 aliphatic heterocycles. The summed E-state index contributed by atoms with van der Waals surface area (Å²) in [6.07, 6.45) is 5.75. The lowest BCUT2D eigenvalue weighted by Crippen LogP contribution is -2.32. The second kappa shape index (κ2) is 10.3. The van der Waals surface area contributed by atoms with Gasteiger partial charge in [0.1, 0.15) is 0 Å². The number of amides is 1. The summed E-state index contributed by atoms with van der Waals surface area (Å²) in [6.45, 7) is 4.69. The number of hydrogen-bond donors (Lipinski definition) is 2. The number of hydrogen-bond acceptors (Lipinski definition) is 4. The minimum Gasteiger partial charge on any atom is -0.352 e. The zero-order valence-electron chi connectivity index (χ0n) is 20.3. The van der Waals surface area contributed by atoms with Gasteiger partial charge in [0, 0.05) is 42.4 Å². The Morgan fingerprint density at radius 2 is 1.86 bits per heavy atom. The highest BCUT2D eigenvalue weighted by atomic mass is 32.1. The van der Waals surface area contributed by atoms with E-state index in [1.807, 2.05) is 60.8 Å². The fourth-order valence-electron chi connectivity index (χ4n) is 4.92. The maximum absolute atomic E-state index is 12.8. The Morgan fingerprint density at radius 1 is 1.06 bits per heavy atom. The van der Waals surface area contributed by atoms with Gasteiger partial charge in [0.2, 0.25) is 5.91 Å². The first-order valence-electron chi connectivity index (χ1n) is 11.9. The molecule has 36 heavy (non-hydrogen) atoms. The van der Waals surface area contributed by atoms with E-state index >= 15 is 0 Å². The van der Waals surface area contributed by atoms with Crippen LogP contribution >= 0.6 is 12.2 Å². The number of aryl methyl sites for hydroxylation is 1. The van der Waals surface area contributed by atoms with Gasteiger partial charge in [-0.25, -0.2) is 0 Å². The SMILES string of the molecule is Cc1cc([C@@H]2[C@@H](c3ccccn3)NC(=S)N2CCC(=O)Nc2ccccc2)c(C)n1-c1cccnc1. The van der Waals surface area contributed by atoms with Gasteiger partial charge in [0.05, 0.1) is 29.7 Å². The van der Waals surface area contributed by atoms with Gasteiger partial charge in [-0.2, -0.15) is 0 Å². The lowest BCUT2D eigenvalue weighted by Gasteiger charge is -2.28. The molecule has 7 nitrogen and oxygen atoms in total. The van der Waals surface area contributed by atoms with E-state index in [0.29, 0.717) is 18.1 Å². The van der Waals surface area contributed by atoms with Crippen LogP contribution in [-0.2, 0) is 4.79 Å². The molecule has 0 radical (unpaired) electrons. The molecule has 0 spiro atoms. The smallest absolute Gasteiger partial charge is 0.226 e. The molecule has 1 fully saturated rings. The Labute approximate surface area is 216 Å². The van der Waals surface area contributed by atoms with Crippen LogP contribution in [0.1, 0.15) is 41.1 Å². The molecule has 1 aromatic carbocycles. The molecule has 0 unspecified atom stereocenters. The van der Waals surface area contributed by atoms with Gasteiger partial charge in [-0.3, -0.25) is 14.8 Å². The maximum atomic E-state index is 12.8. The summed E-state index contributed by atoms with van der Waals surface area (Å²) in [7, 11) is 0. The van der Waals surface area contributed by atoms with Crippen molar-refractivity contribution in [2.24, 2.45) is 0 Å². The Bertz CT molecular complexity index is 1360. The van der Waals surface area contributed by atoms with E-state index in [4.69, 9.17) is 12.2 Å². The summed E-state index contributed by atoms with van der Waals surface area (Å²) in [4.78, 5) is 23.8. The van der Waals surface area contributed by atoms with Gasteiger partial charge in [-0.15, -0.1) is 0 Å². The molecule has 5 rings (SSSR count). The number of thiocarbonyl (C=S) groups is 1. The number of carbonyl (C=O) groups excluding carboxylic acids is 1. The van der Waals surface area contributed by atoms with Crippen molar-refractivity contribution in [1.29, 1.82) is 0 Å². The fraction of sp³-hybridized carbons (Fsp3) is 0.214. The lowest BCUT2D eigenvalue weighted by molar-refractivity contribution is -0.116. The molecule has 4 aromatic rings. The number of para-hydroxylation sites is 1. The first-order chi connectivity index (χ1) is 17.5. The van der Waals surface area contributed by atoms with Crippen molar-refractivity contribution in [2.45, 2.75) is 32.4 Å². The van der Waals surface area contributed by atoms with Crippen molar-refractivity contribution in [3.8, 4) is 5.69 Å². The molecule has 2 atom stereocenters. The number of aromatic nitrogens is 3. The molecular formula is C28H28N6OS. The molecule has 1 amide bonds. The van der Waals surface area contributed by atoms with Crippen LogP contribution in [0, 0.1) is 13.8 Å². The Balaban J connectivity index is 1.47. The zero-order chi connectivity index (χ0) is 25.1. The highest BCUT2D eigenvalue weighted by Crippen LogP contribution is 2.41. The number of benzene rings is 1. The lowest BCUT2D eigenvalue weighted by atomic mass is 9.96. The molecule has 1 aliphatic rings. The van der Waals surface area contributed by atoms with Crippen LogP contribution < -0.4 is 10.6 Å². The van der Waals surface area contributed by atoms with Gasteiger partial charge in [0.25, 0.3) is 0 Å². The summed E-state index contributed by atoms with van der Waals surface area (Å²) in [5, 5.41) is 7.07. The van der Waals surface area contributed by atoms with Crippen molar-refractivity contribution in [1.82, 2.24) is 24.8 Å². The first kappa shape index (κ1) is 23.7. The number of rotatable bonds is 7. The molecule has 3 aromatic heterocycles. The largest absolute Gasteiger partial charge is 0.352 e. The van der Waals surface area contributed by atoms with Crippen molar-refractivity contribution in [3.05, 3.63) is 108 Å². The molecule has 8 heteroatoms. The van der Waals surface area contributed by atoms with Gasteiger partial charge in [-0.1, -0.05) is 24.3 Å². The predicted molar refractivity (Wildman–Crippen MR) is 145 cm³/mol. The topological polar surface area (TPSA) is 75.1 Å². The van der Waals surface area contributed by atoms with Crippen LogP contribution in [0.2, 0.25) is 0 Å². The van der Waals surface area contributed by atoms with E-state index in [1.165, 1.54) is 0 Å². The van der Waals surface area contributed by atoms with Crippen molar-refractivity contribution >= 4 is 28.9 Å². The second-order valence-electron chi connectivity index (χ2n) is 8.86. The first-order valence-corrected chi connectivity index (χ1v) is 12.4. The monoisotopic (exact) mass is 496 g/mol. The van der Waals surface area contributed by atoms with Gasteiger partial charge >= 0.3 is 0 Å². The number of pyridine rings is 2. The van der Waals surface area contributed by atoms with Crippen LogP contribution in [0.4, 0.5) is 5.69 Å². The third kappa shape index (κ3) is 4.72. The van der Waals surface area contributed by atoms with Crippen LogP contribution in [0.15, 0.2) is 85.3 Å². The Kier molecular flexibility index (Phi) is 6.77. The number of anilines is 1. The second-order valence-corrected chi connectivity index (χ2v) is 9.24. The summed E-state index contributed by atoms with van der Waals surface area (Å²) in [5.74, 6) is -0.0510. The van der Waals surface area contributed by atoms with Crippen LogP contribution in [0.5, 0.6) is 0 Å². The maximum Gasteiger partial charge on any atom is 0.226 e. The highest BCUT2D eigenvalue weighted by molar-refractivity contribution is 7.80. The van der Waals surface area contributed by atoms with Crippen LogP contribution in [-0.4, -0.2) is 37.0 Å². The van der Waals surface area contributed by atoms with E-state index in [-0.39, 0.29) is 18.0 Å². The molecule has 0 saturated carbocycles. The van der Waals surface area contributed by atoms with Gasteiger partial charge in [0.15, 0.2) is 5.11 Å². The van der Waals surface area contributed by atoms with E-state index in [1.54, 1.807) is 12.4 Å². The van der Waals surface area contributed by atoms with Crippen molar-refractivity contribution in [3.63, 3.8) is 0 Å². The molecule has 0 aliphatic carbocycles. The van der Waals surface area contributed by atoms with Crippen LogP contribution in [0.3, 0.4) is 0 Å². The van der Waals surface area contributed by atoms with Crippen molar-refractivity contribution in [2.75, 3.05) is 11.9 Å². The fourth-order valence-corrected chi connectivity index (χ4v) is 5.25. The van der Waals surface area contributed by atoms with Gasteiger partial charge < -0.3 is 20.1 Å². The molecule has 0 bridgehead atoms. The van der Waals surface area contributed by atoms with E-state index in [9.17, 15) is 4.79 Å². The van der Waals surface area contributed by atoms with E-state index < -0.39 is 0 Å². The summed E-state index contributed by atoms with van der Waals surface area (Å²) >= 11 is 5.79. The molecule has 1 saturated heterocycles. The van der Waals surface area contributed by atoms with E-state index in [0.717, 1.165) is 34.0 Å². The number of nitrogens with zero attached hydrogens (tertiary/aromatic N) is 4. The molecule has 4 heterocycles. The molecule has 182 valence electrons. The number of carbonyl (C=O) groups is 1. The predicted octanol–water partition coefficient (Wildman–Crippen LogP) is 4.89. The third-order valence-corrected chi connectivity index (χ3v) is 6.88. The normalized spacial score (nSPS) is 17.2. The van der Waals surface area contributed by atoms with Crippen LogP contribution in [0.25, 0.3) is 5.69 Å². The standard InChI is InChI=1S/C28H28N6OS/c1-19-17-23(20(2)34(19)22-11-8-14-29-18-22)27-26(24-12-6-7-15-30-24)32-28(36)33(27)16-13-25(35)31-21-9-4-3-5-10-21/h3-12,14-15,17-18,26-27H,13,16H2,1-2H3,(H,31,35)(H,32,36)/t26-,27-/m1/s1. The Morgan fingerprint density at radius 3 is 2.58 bits per heavy atom. The molecule has 2 N–H and O–H groups in total. The average molecular weight is 497 g/mol. The summed E-state index contributed by atoms with van der Waals surface area (Å²) in [5.41, 5.74) is 6.06. The Hall–Kier alpha value is -4.04. The molecular weight excluding hydrogens is 468 g/mol.